The Hall–Kier alpha value is -1.96. The normalized spacial score (nSPS) is 12.4. The molecule has 24 heavy (non-hydrogen) atoms. The van der Waals surface area contributed by atoms with Crippen LogP contribution in [0.25, 0.3) is 11.4 Å². The first kappa shape index (κ1) is 20.1. The van der Waals surface area contributed by atoms with E-state index in [4.69, 9.17) is 10.5 Å². The van der Waals surface area contributed by atoms with Gasteiger partial charge in [-0.15, -0.1) is 17.5 Å². The minimum absolute atomic E-state index is 0. The van der Waals surface area contributed by atoms with Crippen molar-refractivity contribution >= 4 is 24.3 Å². The number of H-pyrrole nitrogens is 1. The molecule has 0 saturated heterocycles. The maximum absolute atomic E-state index is 11.8. The molecule has 4 N–H and O–H groups in total. The first-order valence-electron chi connectivity index (χ1n) is 7.40. The summed E-state index contributed by atoms with van der Waals surface area (Å²) in [6.45, 7) is 6.62. The summed E-state index contributed by atoms with van der Waals surface area (Å²) in [6, 6.07) is 7.31. The van der Waals surface area contributed by atoms with Gasteiger partial charge in [0.15, 0.2) is 5.82 Å². The number of nitrogens with two attached hydrogens (primary N) is 1. The van der Waals surface area contributed by atoms with Gasteiger partial charge in [0.1, 0.15) is 6.04 Å². The van der Waals surface area contributed by atoms with Gasteiger partial charge >= 0.3 is 0 Å². The van der Waals surface area contributed by atoms with Crippen molar-refractivity contribution in [3.05, 3.63) is 29.8 Å². The number of anilines is 1. The van der Waals surface area contributed by atoms with Crippen molar-refractivity contribution in [2.45, 2.75) is 32.2 Å². The number of amides is 1. The molecule has 2 aromatic rings. The van der Waals surface area contributed by atoms with Gasteiger partial charge in [-0.1, -0.05) is 45.0 Å². The summed E-state index contributed by atoms with van der Waals surface area (Å²) < 4.78 is 4.84. The molecule has 1 amide bonds. The molecule has 0 aliphatic heterocycles. The molecular formula is C16H24ClN5O2. The maximum atomic E-state index is 11.8. The van der Waals surface area contributed by atoms with Crippen molar-refractivity contribution in [2.75, 3.05) is 19.0 Å². The quantitative estimate of drug-likeness (QED) is 0.763. The molecule has 8 heteroatoms. The van der Waals surface area contributed by atoms with Crippen LogP contribution < -0.4 is 11.1 Å². The van der Waals surface area contributed by atoms with Gasteiger partial charge in [-0.3, -0.25) is 15.2 Å². The van der Waals surface area contributed by atoms with Crippen LogP contribution in [0.15, 0.2) is 24.3 Å². The topological polar surface area (TPSA) is 106 Å². The molecule has 132 valence electrons. The molecule has 1 heterocycles. The Kier molecular flexibility index (Phi) is 6.89. The Balaban J connectivity index is 0.00000288. The Morgan fingerprint density at radius 2 is 1.96 bits per heavy atom. The first-order chi connectivity index (χ1) is 10.8. The molecule has 1 atom stereocenters. The van der Waals surface area contributed by atoms with E-state index in [2.05, 4.69) is 53.4 Å². The zero-order chi connectivity index (χ0) is 17.0. The van der Waals surface area contributed by atoms with E-state index in [-0.39, 0.29) is 36.3 Å². The molecular weight excluding hydrogens is 330 g/mol. The van der Waals surface area contributed by atoms with E-state index in [9.17, 15) is 4.79 Å². The number of ether oxygens (including phenoxy) is 1. The van der Waals surface area contributed by atoms with Crippen LogP contribution in [0.3, 0.4) is 0 Å². The predicted octanol–water partition coefficient (Wildman–Crippen LogP) is 2.10. The number of benzene rings is 1. The molecule has 0 fully saturated rings. The Morgan fingerprint density at radius 1 is 1.33 bits per heavy atom. The Morgan fingerprint density at radius 3 is 2.50 bits per heavy atom. The van der Waals surface area contributed by atoms with Crippen molar-refractivity contribution in [3.63, 3.8) is 0 Å². The lowest BCUT2D eigenvalue weighted by molar-refractivity contribution is -0.118. The van der Waals surface area contributed by atoms with Crippen LogP contribution in [-0.4, -0.2) is 40.8 Å². The van der Waals surface area contributed by atoms with Crippen molar-refractivity contribution in [1.82, 2.24) is 15.2 Å². The highest BCUT2D eigenvalue weighted by atomic mass is 35.5. The van der Waals surface area contributed by atoms with Crippen LogP contribution in [0.2, 0.25) is 0 Å². The summed E-state index contributed by atoms with van der Waals surface area (Å²) in [5.74, 6) is 0.387. The Bertz CT molecular complexity index is 664. The predicted molar refractivity (Wildman–Crippen MR) is 96.2 cm³/mol. The van der Waals surface area contributed by atoms with Crippen molar-refractivity contribution in [3.8, 4) is 11.4 Å². The summed E-state index contributed by atoms with van der Waals surface area (Å²) in [7, 11) is 1.49. The fourth-order valence-corrected chi connectivity index (χ4v) is 2.03. The van der Waals surface area contributed by atoms with Gasteiger partial charge in [-0.05, 0) is 11.0 Å². The van der Waals surface area contributed by atoms with Crippen molar-refractivity contribution in [2.24, 2.45) is 5.73 Å². The van der Waals surface area contributed by atoms with E-state index < -0.39 is 6.04 Å². The minimum Gasteiger partial charge on any atom is -0.383 e. The summed E-state index contributed by atoms with van der Waals surface area (Å²) in [5, 5.41) is 9.35. The highest BCUT2D eigenvalue weighted by molar-refractivity contribution is 5.93. The third kappa shape index (κ3) is 5.02. The number of aromatic nitrogens is 3. The number of halogens is 1. The number of hydrogen-bond acceptors (Lipinski definition) is 5. The highest BCUT2D eigenvalue weighted by Crippen LogP contribution is 2.24. The van der Waals surface area contributed by atoms with E-state index >= 15 is 0 Å². The number of carbonyl (C=O) groups is 1. The van der Waals surface area contributed by atoms with Gasteiger partial charge in [0, 0.05) is 12.7 Å². The molecule has 0 saturated carbocycles. The van der Waals surface area contributed by atoms with Crippen LogP contribution in [-0.2, 0) is 14.9 Å². The summed E-state index contributed by atoms with van der Waals surface area (Å²) in [6.07, 6.45) is 0. The number of methoxy groups -OCH3 is 1. The molecule has 7 nitrogen and oxygen atoms in total. The molecule has 1 unspecified atom stereocenters. The maximum Gasteiger partial charge on any atom is 0.249 e. The lowest BCUT2D eigenvalue weighted by Crippen LogP contribution is -2.39. The third-order valence-corrected chi connectivity index (χ3v) is 3.43. The first-order valence-corrected chi connectivity index (χ1v) is 7.40. The third-order valence-electron chi connectivity index (χ3n) is 3.43. The lowest BCUT2D eigenvalue weighted by atomic mass is 9.87. The molecule has 0 radical (unpaired) electrons. The van der Waals surface area contributed by atoms with E-state index in [0.717, 1.165) is 5.56 Å². The fraction of sp³-hybridized carbons (Fsp3) is 0.438. The molecule has 1 aromatic carbocycles. The highest BCUT2D eigenvalue weighted by Gasteiger charge is 2.16. The second-order valence-electron chi connectivity index (χ2n) is 6.39. The Labute approximate surface area is 147 Å². The zero-order valence-corrected chi connectivity index (χ0v) is 15.1. The summed E-state index contributed by atoms with van der Waals surface area (Å²) in [5.41, 5.74) is 7.87. The van der Waals surface area contributed by atoms with Crippen molar-refractivity contribution < 1.29 is 9.53 Å². The zero-order valence-electron chi connectivity index (χ0n) is 14.3. The summed E-state index contributed by atoms with van der Waals surface area (Å²) >= 11 is 0. The monoisotopic (exact) mass is 353 g/mol. The van der Waals surface area contributed by atoms with Gasteiger partial charge < -0.3 is 10.5 Å². The summed E-state index contributed by atoms with van der Waals surface area (Å²) in [4.78, 5) is 16.1. The van der Waals surface area contributed by atoms with Gasteiger partial charge in [0.2, 0.25) is 11.9 Å². The minimum atomic E-state index is -0.756. The smallest absolute Gasteiger partial charge is 0.249 e. The fourth-order valence-electron chi connectivity index (χ4n) is 2.03. The molecule has 0 aliphatic rings. The molecule has 0 bridgehead atoms. The average Bonchev–Trinajstić information content (AvgIpc) is 2.95. The number of carbonyl (C=O) groups excluding carboxylic acids is 1. The van der Waals surface area contributed by atoms with Gasteiger partial charge in [0.25, 0.3) is 0 Å². The van der Waals surface area contributed by atoms with Crippen LogP contribution in [0.4, 0.5) is 5.95 Å². The number of aromatic amines is 1. The average molecular weight is 354 g/mol. The van der Waals surface area contributed by atoms with Gasteiger partial charge in [0.05, 0.1) is 6.61 Å². The van der Waals surface area contributed by atoms with Crippen LogP contribution >= 0.6 is 12.4 Å². The van der Waals surface area contributed by atoms with Gasteiger partial charge in [-0.25, -0.2) is 0 Å². The lowest BCUT2D eigenvalue weighted by Gasteiger charge is -2.18. The van der Waals surface area contributed by atoms with Crippen LogP contribution in [0.1, 0.15) is 26.3 Å². The SMILES string of the molecule is COCC(N)C(=O)Nc1n[nH]c(-c2ccc(C(C)(C)C)cc2)n1.Cl. The van der Waals surface area contributed by atoms with E-state index in [1.807, 2.05) is 12.1 Å². The van der Waals surface area contributed by atoms with Crippen LogP contribution in [0, 0.1) is 0 Å². The number of nitrogens with one attached hydrogen (secondary N) is 2. The standard InChI is InChI=1S/C16H23N5O2.ClH/c1-16(2,3)11-7-5-10(6-8-11)13-18-15(21-20-13)19-14(22)12(17)9-23-4;/h5-8,12H,9,17H2,1-4H3,(H2,18,19,20,21,22);1H. The second-order valence-corrected chi connectivity index (χ2v) is 6.39. The number of nitrogens with zero attached hydrogens (tertiary/aromatic N) is 2. The largest absolute Gasteiger partial charge is 0.383 e. The molecule has 0 aliphatic carbocycles. The van der Waals surface area contributed by atoms with E-state index in [1.54, 1.807) is 0 Å². The van der Waals surface area contributed by atoms with E-state index in [0.29, 0.717) is 5.82 Å². The second kappa shape index (κ2) is 8.23. The van der Waals surface area contributed by atoms with Crippen LogP contribution in [0.5, 0.6) is 0 Å². The number of hydrogen-bond donors (Lipinski definition) is 3. The van der Waals surface area contributed by atoms with Crippen molar-refractivity contribution in [1.29, 1.82) is 0 Å². The molecule has 0 spiro atoms. The molecule has 1 aromatic heterocycles. The van der Waals surface area contributed by atoms with E-state index in [1.165, 1.54) is 12.7 Å². The molecule has 2 rings (SSSR count). The number of rotatable bonds is 5. The van der Waals surface area contributed by atoms with Gasteiger partial charge in [-0.2, -0.15) is 4.98 Å².